The molecule has 0 aliphatic heterocycles. The molecule has 1 heterocycles. The van der Waals surface area contributed by atoms with E-state index in [0.717, 1.165) is 31.9 Å². The van der Waals surface area contributed by atoms with E-state index in [1.165, 1.54) is 16.8 Å². The van der Waals surface area contributed by atoms with Gasteiger partial charge in [0.1, 0.15) is 5.82 Å². The first kappa shape index (κ1) is 15.5. The normalized spacial score (nSPS) is 10.6. The maximum absolute atomic E-state index is 4.61. The van der Waals surface area contributed by atoms with Gasteiger partial charge in [-0.05, 0) is 45.0 Å². The molecule has 0 spiro atoms. The largest absolute Gasteiger partial charge is 0.326 e. The number of aryl methyl sites for hydroxylation is 1. The Morgan fingerprint density at radius 1 is 1.10 bits per heavy atom. The molecule has 2 rings (SSSR count). The van der Waals surface area contributed by atoms with E-state index >= 15 is 0 Å². The van der Waals surface area contributed by atoms with E-state index in [1.807, 2.05) is 12.3 Å². The van der Waals surface area contributed by atoms with Crippen molar-refractivity contribution in [2.45, 2.75) is 33.7 Å². The van der Waals surface area contributed by atoms with E-state index < -0.39 is 0 Å². The lowest BCUT2D eigenvalue weighted by molar-refractivity contribution is 0.673. The highest BCUT2D eigenvalue weighted by molar-refractivity contribution is 5.63. The Kier molecular flexibility index (Phi) is 5.76. The summed E-state index contributed by atoms with van der Waals surface area (Å²) in [5, 5.41) is 3.46. The lowest BCUT2D eigenvalue weighted by Gasteiger charge is -2.25. The predicted octanol–water partition coefficient (Wildman–Crippen LogP) is 4.05. The Labute approximate surface area is 128 Å². The first-order chi connectivity index (χ1) is 10.3. The average molecular weight is 283 g/mol. The highest BCUT2D eigenvalue weighted by Crippen LogP contribution is 2.26. The molecular weight excluding hydrogens is 258 g/mol. The molecule has 0 radical (unpaired) electrons. The molecule has 1 N–H and O–H groups in total. The smallest absolute Gasteiger partial charge is 0.137 e. The van der Waals surface area contributed by atoms with Crippen molar-refractivity contribution < 1.29 is 0 Å². The fourth-order valence-electron chi connectivity index (χ4n) is 2.39. The fraction of sp³-hybridized carbons (Fsp3) is 0.389. The number of pyridine rings is 1. The number of hydrogen-bond acceptors (Lipinski definition) is 3. The van der Waals surface area contributed by atoms with E-state index in [2.05, 4.69) is 66.3 Å². The highest BCUT2D eigenvalue weighted by atomic mass is 15.2. The molecule has 0 unspecified atom stereocenters. The summed E-state index contributed by atoms with van der Waals surface area (Å²) in [6.45, 7) is 9.26. The van der Waals surface area contributed by atoms with Crippen LogP contribution in [0.15, 0.2) is 42.6 Å². The standard InChI is InChI=1S/C18H25N3/c1-4-12-19-14-16-7-6-13-20-18(16)21(5-2)17-10-8-15(3)9-11-17/h6-11,13,19H,4-5,12,14H2,1-3H3. The van der Waals surface area contributed by atoms with Crippen LogP contribution < -0.4 is 10.2 Å². The number of aromatic nitrogens is 1. The monoisotopic (exact) mass is 283 g/mol. The van der Waals surface area contributed by atoms with Gasteiger partial charge < -0.3 is 10.2 Å². The molecule has 0 amide bonds. The lowest BCUT2D eigenvalue weighted by Crippen LogP contribution is -2.22. The maximum atomic E-state index is 4.61. The van der Waals surface area contributed by atoms with Crippen LogP contribution in [0.25, 0.3) is 0 Å². The van der Waals surface area contributed by atoms with Crippen molar-refractivity contribution in [1.82, 2.24) is 10.3 Å². The quantitative estimate of drug-likeness (QED) is 0.777. The Bertz CT molecular complexity index is 549. The Balaban J connectivity index is 2.27. The summed E-state index contributed by atoms with van der Waals surface area (Å²) in [6.07, 6.45) is 3.01. The second-order valence-electron chi connectivity index (χ2n) is 5.24. The van der Waals surface area contributed by atoms with Crippen LogP contribution in [0.4, 0.5) is 11.5 Å². The number of anilines is 2. The van der Waals surface area contributed by atoms with Crippen molar-refractivity contribution in [3.63, 3.8) is 0 Å². The summed E-state index contributed by atoms with van der Waals surface area (Å²) >= 11 is 0. The third-order valence-corrected chi connectivity index (χ3v) is 3.53. The minimum absolute atomic E-state index is 0.860. The van der Waals surface area contributed by atoms with Gasteiger partial charge >= 0.3 is 0 Å². The summed E-state index contributed by atoms with van der Waals surface area (Å²) in [6, 6.07) is 12.8. The van der Waals surface area contributed by atoms with Crippen LogP contribution in [0.3, 0.4) is 0 Å². The van der Waals surface area contributed by atoms with Crippen LogP contribution >= 0.6 is 0 Å². The molecule has 0 saturated heterocycles. The molecule has 0 atom stereocenters. The van der Waals surface area contributed by atoms with E-state index in [1.54, 1.807) is 0 Å². The number of benzene rings is 1. The van der Waals surface area contributed by atoms with Crippen LogP contribution in [0, 0.1) is 6.92 Å². The van der Waals surface area contributed by atoms with Gasteiger partial charge in [-0.3, -0.25) is 0 Å². The zero-order valence-electron chi connectivity index (χ0n) is 13.3. The van der Waals surface area contributed by atoms with Crippen molar-refractivity contribution in [3.8, 4) is 0 Å². The molecule has 0 saturated carbocycles. The molecular formula is C18H25N3. The molecule has 1 aromatic carbocycles. The number of rotatable bonds is 7. The van der Waals surface area contributed by atoms with Gasteiger partial charge in [-0.25, -0.2) is 4.98 Å². The van der Waals surface area contributed by atoms with Gasteiger partial charge in [-0.15, -0.1) is 0 Å². The van der Waals surface area contributed by atoms with E-state index in [0.29, 0.717) is 0 Å². The summed E-state index contributed by atoms with van der Waals surface area (Å²) in [7, 11) is 0. The minimum atomic E-state index is 0.860. The van der Waals surface area contributed by atoms with Crippen molar-refractivity contribution in [2.75, 3.05) is 18.0 Å². The van der Waals surface area contributed by atoms with Crippen molar-refractivity contribution in [2.24, 2.45) is 0 Å². The van der Waals surface area contributed by atoms with Gasteiger partial charge in [0.05, 0.1) is 0 Å². The first-order valence-electron chi connectivity index (χ1n) is 7.75. The van der Waals surface area contributed by atoms with Gasteiger partial charge in [-0.1, -0.05) is 30.7 Å². The molecule has 21 heavy (non-hydrogen) atoms. The van der Waals surface area contributed by atoms with Crippen molar-refractivity contribution >= 4 is 11.5 Å². The zero-order chi connectivity index (χ0) is 15.1. The van der Waals surface area contributed by atoms with Crippen molar-refractivity contribution in [3.05, 3.63) is 53.7 Å². The van der Waals surface area contributed by atoms with E-state index in [9.17, 15) is 0 Å². The summed E-state index contributed by atoms with van der Waals surface area (Å²) < 4.78 is 0. The lowest BCUT2D eigenvalue weighted by atomic mass is 10.2. The van der Waals surface area contributed by atoms with Gasteiger partial charge in [-0.2, -0.15) is 0 Å². The SMILES string of the molecule is CCCNCc1cccnc1N(CC)c1ccc(C)cc1. The molecule has 1 aromatic heterocycles. The molecule has 0 aliphatic carbocycles. The number of nitrogens with zero attached hydrogens (tertiary/aromatic N) is 2. The average Bonchev–Trinajstić information content (AvgIpc) is 2.51. The topological polar surface area (TPSA) is 28.2 Å². The van der Waals surface area contributed by atoms with Crippen molar-refractivity contribution in [1.29, 1.82) is 0 Å². The van der Waals surface area contributed by atoms with Gasteiger partial charge in [0.25, 0.3) is 0 Å². The summed E-state index contributed by atoms with van der Waals surface area (Å²) in [5.74, 6) is 1.05. The minimum Gasteiger partial charge on any atom is -0.326 e. The molecule has 3 nitrogen and oxygen atoms in total. The summed E-state index contributed by atoms with van der Waals surface area (Å²) in [4.78, 5) is 6.88. The third-order valence-electron chi connectivity index (χ3n) is 3.53. The Hall–Kier alpha value is -1.87. The van der Waals surface area contributed by atoms with Gasteiger partial charge in [0.15, 0.2) is 0 Å². The molecule has 3 heteroatoms. The van der Waals surface area contributed by atoms with E-state index in [4.69, 9.17) is 0 Å². The first-order valence-corrected chi connectivity index (χ1v) is 7.75. The van der Waals surface area contributed by atoms with Crippen LogP contribution in [-0.2, 0) is 6.54 Å². The maximum Gasteiger partial charge on any atom is 0.137 e. The summed E-state index contributed by atoms with van der Waals surface area (Å²) in [5.41, 5.74) is 3.72. The Morgan fingerprint density at radius 2 is 1.86 bits per heavy atom. The van der Waals surface area contributed by atoms with Crippen LogP contribution in [0.2, 0.25) is 0 Å². The van der Waals surface area contributed by atoms with Gasteiger partial charge in [0, 0.05) is 30.5 Å². The van der Waals surface area contributed by atoms with E-state index in [-0.39, 0.29) is 0 Å². The predicted molar refractivity (Wildman–Crippen MR) is 90.1 cm³/mol. The second kappa shape index (κ2) is 7.79. The van der Waals surface area contributed by atoms with Crippen LogP contribution in [0.5, 0.6) is 0 Å². The molecule has 112 valence electrons. The van der Waals surface area contributed by atoms with Crippen LogP contribution in [0.1, 0.15) is 31.4 Å². The number of hydrogen-bond donors (Lipinski definition) is 1. The Morgan fingerprint density at radius 3 is 2.52 bits per heavy atom. The van der Waals surface area contributed by atoms with Gasteiger partial charge in [0.2, 0.25) is 0 Å². The highest BCUT2D eigenvalue weighted by Gasteiger charge is 2.12. The second-order valence-corrected chi connectivity index (χ2v) is 5.24. The molecule has 0 aliphatic rings. The third kappa shape index (κ3) is 4.05. The van der Waals surface area contributed by atoms with Crippen LogP contribution in [-0.4, -0.2) is 18.1 Å². The zero-order valence-corrected chi connectivity index (χ0v) is 13.3. The number of nitrogens with one attached hydrogen (secondary N) is 1. The molecule has 0 bridgehead atoms. The molecule has 2 aromatic rings. The fourth-order valence-corrected chi connectivity index (χ4v) is 2.39. The molecule has 0 fully saturated rings.